The molecular formula is C24H18FN3O3. The monoisotopic (exact) mass is 415 g/mol. The number of hydrogen-bond acceptors (Lipinski definition) is 5. The van der Waals surface area contributed by atoms with Crippen LogP contribution in [-0.4, -0.2) is 23.0 Å². The van der Waals surface area contributed by atoms with Crippen molar-refractivity contribution in [2.45, 2.75) is 0 Å². The summed E-state index contributed by atoms with van der Waals surface area (Å²) >= 11 is 0. The molecule has 1 amide bonds. The lowest BCUT2D eigenvalue weighted by atomic mass is 10.1. The fraction of sp³-hybridized carbons (Fsp3) is 0.0417. The summed E-state index contributed by atoms with van der Waals surface area (Å²) in [6.45, 7) is 0. The van der Waals surface area contributed by atoms with E-state index in [-0.39, 0.29) is 17.7 Å². The van der Waals surface area contributed by atoms with Crippen molar-refractivity contribution in [1.82, 2.24) is 9.97 Å². The first-order valence-electron chi connectivity index (χ1n) is 9.42. The van der Waals surface area contributed by atoms with E-state index in [4.69, 9.17) is 9.47 Å². The van der Waals surface area contributed by atoms with Crippen molar-refractivity contribution in [2.24, 2.45) is 0 Å². The summed E-state index contributed by atoms with van der Waals surface area (Å²) in [5.74, 6) is 0.503. The predicted octanol–water partition coefficient (Wildman–Crippen LogP) is 5.34. The van der Waals surface area contributed by atoms with E-state index in [1.54, 1.807) is 62.0 Å². The molecule has 6 nitrogen and oxygen atoms in total. The van der Waals surface area contributed by atoms with Crippen LogP contribution < -0.4 is 14.8 Å². The van der Waals surface area contributed by atoms with Gasteiger partial charge in [0.05, 0.1) is 7.11 Å². The Morgan fingerprint density at radius 1 is 0.871 bits per heavy atom. The minimum atomic E-state index is -0.348. The Morgan fingerprint density at radius 3 is 2.35 bits per heavy atom. The average Bonchev–Trinajstić information content (AvgIpc) is 2.81. The largest absolute Gasteiger partial charge is 0.497 e. The molecule has 0 saturated heterocycles. The van der Waals surface area contributed by atoms with Crippen LogP contribution in [0.2, 0.25) is 0 Å². The minimum Gasteiger partial charge on any atom is -0.497 e. The highest BCUT2D eigenvalue weighted by Gasteiger charge is 2.09. The number of amides is 1. The van der Waals surface area contributed by atoms with E-state index in [0.29, 0.717) is 22.7 Å². The smallest absolute Gasteiger partial charge is 0.321 e. The second-order valence-electron chi connectivity index (χ2n) is 6.58. The summed E-state index contributed by atoms with van der Waals surface area (Å²) in [6.07, 6.45) is 3.20. The molecule has 154 valence electrons. The number of rotatable bonds is 6. The summed E-state index contributed by atoms with van der Waals surface area (Å²) in [5, 5.41) is 2.86. The fourth-order valence-corrected chi connectivity index (χ4v) is 2.87. The Labute approximate surface area is 178 Å². The summed E-state index contributed by atoms with van der Waals surface area (Å²) < 4.78 is 23.7. The van der Waals surface area contributed by atoms with Crippen LogP contribution >= 0.6 is 0 Å². The molecule has 0 aliphatic rings. The molecule has 1 N–H and O–H groups in total. The second kappa shape index (κ2) is 9.04. The van der Waals surface area contributed by atoms with E-state index in [0.717, 1.165) is 11.1 Å². The molecule has 0 spiro atoms. The molecule has 3 aromatic carbocycles. The molecular weight excluding hydrogens is 397 g/mol. The maximum atomic E-state index is 13.0. The molecule has 31 heavy (non-hydrogen) atoms. The van der Waals surface area contributed by atoms with Crippen LogP contribution in [0, 0.1) is 5.82 Å². The number of hydrogen-bond donors (Lipinski definition) is 1. The first-order chi connectivity index (χ1) is 15.1. The van der Waals surface area contributed by atoms with E-state index in [1.165, 1.54) is 24.3 Å². The highest BCUT2D eigenvalue weighted by Crippen LogP contribution is 2.23. The number of halogens is 1. The van der Waals surface area contributed by atoms with Crippen LogP contribution in [0.4, 0.5) is 10.1 Å². The third kappa shape index (κ3) is 5.02. The lowest BCUT2D eigenvalue weighted by Crippen LogP contribution is -2.11. The quantitative estimate of drug-likeness (QED) is 0.460. The first kappa shape index (κ1) is 20.0. The number of aromatic nitrogens is 2. The van der Waals surface area contributed by atoms with Crippen molar-refractivity contribution in [1.29, 1.82) is 0 Å². The predicted molar refractivity (Wildman–Crippen MR) is 115 cm³/mol. The van der Waals surface area contributed by atoms with Gasteiger partial charge >= 0.3 is 6.01 Å². The van der Waals surface area contributed by atoms with Gasteiger partial charge in [-0.3, -0.25) is 4.79 Å². The van der Waals surface area contributed by atoms with Gasteiger partial charge in [-0.25, -0.2) is 14.4 Å². The maximum Gasteiger partial charge on any atom is 0.321 e. The zero-order valence-corrected chi connectivity index (χ0v) is 16.6. The Bertz CT molecular complexity index is 1200. The molecule has 0 bridgehead atoms. The van der Waals surface area contributed by atoms with Gasteiger partial charge in [-0.15, -0.1) is 0 Å². The Morgan fingerprint density at radius 2 is 1.61 bits per heavy atom. The molecule has 0 radical (unpaired) electrons. The van der Waals surface area contributed by atoms with Gasteiger partial charge in [0.25, 0.3) is 5.91 Å². The molecule has 0 aliphatic heterocycles. The maximum absolute atomic E-state index is 13.0. The average molecular weight is 415 g/mol. The summed E-state index contributed by atoms with van der Waals surface area (Å²) in [4.78, 5) is 21.0. The van der Waals surface area contributed by atoms with Crippen molar-refractivity contribution >= 4 is 11.6 Å². The van der Waals surface area contributed by atoms with Crippen molar-refractivity contribution in [2.75, 3.05) is 12.4 Å². The molecule has 0 atom stereocenters. The van der Waals surface area contributed by atoms with Gasteiger partial charge in [0.2, 0.25) is 0 Å². The van der Waals surface area contributed by atoms with E-state index < -0.39 is 0 Å². The molecule has 7 heteroatoms. The van der Waals surface area contributed by atoms with Crippen LogP contribution in [0.1, 0.15) is 10.4 Å². The lowest BCUT2D eigenvalue weighted by molar-refractivity contribution is 0.102. The van der Waals surface area contributed by atoms with Crippen molar-refractivity contribution in [3.63, 3.8) is 0 Å². The van der Waals surface area contributed by atoms with Gasteiger partial charge in [-0.05, 0) is 54.1 Å². The van der Waals surface area contributed by atoms with Crippen LogP contribution in [-0.2, 0) is 0 Å². The lowest BCUT2D eigenvalue weighted by Gasteiger charge is -2.09. The molecule has 4 rings (SSSR count). The second-order valence-corrected chi connectivity index (χ2v) is 6.58. The SMILES string of the molecule is COc1cccc(NC(=O)c2cccc(-c3cnc(Oc4ccc(F)cc4)nc3)c2)c1. The van der Waals surface area contributed by atoms with Crippen molar-refractivity contribution in [3.05, 3.63) is 96.6 Å². The van der Waals surface area contributed by atoms with Crippen LogP contribution in [0.15, 0.2) is 85.2 Å². The van der Waals surface area contributed by atoms with Crippen LogP contribution in [0.5, 0.6) is 17.5 Å². The number of anilines is 1. The number of nitrogens with one attached hydrogen (secondary N) is 1. The number of ether oxygens (including phenoxy) is 2. The molecule has 1 aromatic heterocycles. The highest BCUT2D eigenvalue weighted by molar-refractivity contribution is 6.05. The molecule has 4 aromatic rings. The highest BCUT2D eigenvalue weighted by atomic mass is 19.1. The number of methoxy groups -OCH3 is 1. The third-order valence-corrected chi connectivity index (χ3v) is 4.44. The Hall–Kier alpha value is -4.26. The van der Waals surface area contributed by atoms with E-state index >= 15 is 0 Å². The third-order valence-electron chi connectivity index (χ3n) is 4.44. The number of carbonyl (C=O) groups excluding carboxylic acids is 1. The molecule has 0 unspecified atom stereocenters. The number of carbonyl (C=O) groups is 1. The minimum absolute atomic E-state index is 0.141. The first-order valence-corrected chi connectivity index (χ1v) is 9.42. The summed E-state index contributed by atoms with van der Waals surface area (Å²) in [5.41, 5.74) is 2.64. The molecule has 0 saturated carbocycles. The number of nitrogens with zero attached hydrogens (tertiary/aromatic N) is 2. The zero-order valence-electron chi connectivity index (χ0n) is 16.6. The van der Waals surface area contributed by atoms with Gasteiger partial charge in [-0.2, -0.15) is 0 Å². The Balaban J connectivity index is 1.48. The van der Waals surface area contributed by atoms with Gasteiger partial charge in [-0.1, -0.05) is 18.2 Å². The van der Waals surface area contributed by atoms with E-state index in [9.17, 15) is 9.18 Å². The van der Waals surface area contributed by atoms with Crippen molar-refractivity contribution < 1.29 is 18.7 Å². The van der Waals surface area contributed by atoms with Gasteiger partial charge < -0.3 is 14.8 Å². The van der Waals surface area contributed by atoms with E-state index in [2.05, 4.69) is 15.3 Å². The van der Waals surface area contributed by atoms with Gasteiger partial charge in [0.15, 0.2) is 0 Å². The standard InChI is InChI=1S/C24H18FN3O3/c1-30-22-7-3-6-20(13-22)28-23(29)17-5-2-4-16(12-17)18-14-26-24(27-15-18)31-21-10-8-19(25)9-11-21/h2-15H,1H3,(H,28,29). The molecule has 1 heterocycles. The van der Waals surface area contributed by atoms with Crippen molar-refractivity contribution in [3.8, 4) is 28.6 Å². The summed E-state index contributed by atoms with van der Waals surface area (Å²) in [6, 6.07) is 20.0. The summed E-state index contributed by atoms with van der Waals surface area (Å²) in [7, 11) is 1.57. The van der Waals surface area contributed by atoms with Gasteiger partial charge in [0, 0.05) is 35.3 Å². The molecule has 0 aliphatic carbocycles. The van der Waals surface area contributed by atoms with Gasteiger partial charge in [0.1, 0.15) is 17.3 Å². The number of benzene rings is 3. The van der Waals surface area contributed by atoms with Crippen LogP contribution in [0.25, 0.3) is 11.1 Å². The van der Waals surface area contributed by atoms with E-state index in [1.807, 2.05) is 6.07 Å². The fourth-order valence-electron chi connectivity index (χ4n) is 2.87. The van der Waals surface area contributed by atoms with Crippen LogP contribution in [0.3, 0.4) is 0 Å². The normalized spacial score (nSPS) is 10.4. The Kier molecular flexibility index (Phi) is 5.84. The molecule has 0 fully saturated rings. The zero-order chi connectivity index (χ0) is 21.6. The topological polar surface area (TPSA) is 73.3 Å².